The fourth-order valence-corrected chi connectivity index (χ4v) is 3.22. The van der Waals surface area contributed by atoms with E-state index in [4.69, 9.17) is 5.26 Å². The first-order valence-electron chi connectivity index (χ1n) is 9.29. The van der Waals surface area contributed by atoms with E-state index in [0.29, 0.717) is 23.4 Å². The van der Waals surface area contributed by atoms with Crippen molar-refractivity contribution in [3.8, 4) is 6.07 Å². The zero-order valence-electron chi connectivity index (χ0n) is 15.6. The van der Waals surface area contributed by atoms with Gasteiger partial charge in [0.05, 0.1) is 22.5 Å². The average molecular weight is 381 g/mol. The number of nitrogens with one attached hydrogen (secondary N) is 3. The van der Waals surface area contributed by atoms with Gasteiger partial charge in [-0.2, -0.15) is 5.26 Å². The van der Waals surface area contributed by atoms with Gasteiger partial charge >= 0.3 is 0 Å². The summed E-state index contributed by atoms with van der Waals surface area (Å²) in [5.74, 6) is -0.305. The van der Waals surface area contributed by atoms with E-state index < -0.39 is 0 Å². The molecule has 4 aromatic rings. The van der Waals surface area contributed by atoms with E-state index in [2.05, 4.69) is 38.8 Å². The Labute approximate surface area is 168 Å². The summed E-state index contributed by atoms with van der Waals surface area (Å²) >= 11 is 0. The van der Waals surface area contributed by atoms with Crippen LogP contribution in [0.25, 0.3) is 10.9 Å². The molecule has 0 saturated carbocycles. The highest BCUT2D eigenvalue weighted by Gasteiger charge is 2.10. The molecule has 6 nitrogen and oxygen atoms in total. The number of fused-ring (bicyclic) bond motifs is 1. The Morgan fingerprint density at radius 2 is 1.93 bits per heavy atom. The van der Waals surface area contributed by atoms with Crippen molar-refractivity contribution in [2.75, 3.05) is 17.2 Å². The molecule has 0 aliphatic carbocycles. The lowest BCUT2D eigenvalue weighted by Crippen LogP contribution is -2.14. The quantitative estimate of drug-likeness (QED) is 0.463. The minimum absolute atomic E-state index is 0.305. The molecule has 142 valence electrons. The van der Waals surface area contributed by atoms with Crippen LogP contribution in [-0.2, 0) is 6.42 Å². The van der Waals surface area contributed by atoms with Gasteiger partial charge in [0.15, 0.2) is 0 Å². The summed E-state index contributed by atoms with van der Waals surface area (Å²) in [7, 11) is 0. The highest BCUT2D eigenvalue weighted by molar-refractivity contribution is 6.05. The normalized spacial score (nSPS) is 10.4. The molecule has 2 heterocycles. The van der Waals surface area contributed by atoms with Crippen LogP contribution in [0.4, 0.5) is 11.4 Å². The number of H-pyrrole nitrogens is 1. The molecule has 0 saturated heterocycles. The zero-order chi connectivity index (χ0) is 20.1. The summed E-state index contributed by atoms with van der Waals surface area (Å²) in [4.78, 5) is 20.0. The van der Waals surface area contributed by atoms with Crippen molar-refractivity contribution in [3.63, 3.8) is 0 Å². The molecule has 0 spiro atoms. The number of benzene rings is 2. The van der Waals surface area contributed by atoms with Crippen LogP contribution in [0.15, 0.2) is 73.2 Å². The summed E-state index contributed by atoms with van der Waals surface area (Å²) in [5, 5.41) is 16.5. The largest absolute Gasteiger partial charge is 0.383 e. The zero-order valence-corrected chi connectivity index (χ0v) is 15.6. The van der Waals surface area contributed by atoms with E-state index in [9.17, 15) is 4.79 Å². The molecule has 0 aliphatic rings. The molecule has 0 aliphatic heterocycles. The molecule has 0 fully saturated rings. The standard InChI is InChI=1S/C23H19N5O/c24-12-16-5-1-3-7-21(16)28-23(29)18-11-19(15-25-13-18)26-10-9-17-14-27-22-8-4-2-6-20(17)22/h1-8,11,13-15,26-27H,9-10H2,(H,28,29). The van der Waals surface area contributed by atoms with Crippen molar-refractivity contribution in [2.45, 2.75) is 6.42 Å². The van der Waals surface area contributed by atoms with Crippen molar-refractivity contribution in [3.05, 3.63) is 89.9 Å². The number of carbonyl (C=O) groups excluding carboxylic acids is 1. The second-order valence-corrected chi connectivity index (χ2v) is 6.61. The van der Waals surface area contributed by atoms with Gasteiger partial charge in [0.25, 0.3) is 5.91 Å². The van der Waals surface area contributed by atoms with Gasteiger partial charge in [-0.3, -0.25) is 9.78 Å². The van der Waals surface area contributed by atoms with Crippen LogP contribution in [0, 0.1) is 11.3 Å². The topological polar surface area (TPSA) is 93.6 Å². The van der Waals surface area contributed by atoms with Gasteiger partial charge in [-0.25, -0.2) is 0 Å². The summed E-state index contributed by atoms with van der Waals surface area (Å²) in [5.41, 5.74) is 4.46. The van der Waals surface area contributed by atoms with E-state index >= 15 is 0 Å². The summed E-state index contributed by atoms with van der Waals surface area (Å²) in [6.07, 6.45) is 6.07. The molecule has 0 unspecified atom stereocenters. The summed E-state index contributed by atoms with van der Waals surface area (Å²) in [6.45, 7) is 0.714. The number of amides is 1. The maximum Gasteiger partial charge on any atom is 0.257 e. The fourth-order valence-electron chi connectivity index (χ4n) is 3.22. The number of nitrogens with zero attached hydrogens (tertiary/aromatic N) is 2. The van der Waals surface area contributed by atoms with Crippen molar-refractivity contribution >= 4 is 28.2 Å². The molecule has 2 aromatic carbocycles. The third kappa shape index (κ3) is 4.09. The molecular formula is C23H19N5O. The Hall–Kier alpha value is -4.11. The highest BCUT2D eigenvalue weighted by atomic mass is 16.1. The maximum absolute atomic E-state index is 12.5. The molecule has 1 amide bonds. The molecule has 6 heteroatoms. The Morgan fingerprint density at radius 3 is 2.83 bits per heavy atom. The van der Waals surface area contributed by atoms with Crippen molar-refractivity contribution in [2.24, 2.45) is 0 Å². The number of aromatic nitrogens is 2. The maximum atomic E-state index is 12.5. The molecule has 3 N–H and O–H groups in total. The first kappa shape index (κ1) is 18.3. The lowest BCUT2D eigenvalue weighted by atomic mass is 10.1. The molecule has 29 heavy (non-hydrogen) atoms. The monoisotopic (exact) mass is 381 g/mol. The number of hydrogen-bond acceptors (Lipinski definition) is 4. The van der Waals surface area contributed by atoms with E-state index in [1.165, 1.54) is 17.1 Å². The molecular weight excluding hydrogens is 362 g/mol. The predicted octanol–water partition coefficient (Wildman–Crippen LogP) is 4.34. The van der Waals surface area contributed by atoms with Crippen LogP contribution < -0.4 is 10.6 Å². The van der Waals surface area contributed by atoms with E-state index in [1.807, 2.05) is 18.3 Å². The number of carbonyl (C=O) groups is 1. The van der Waals surface area contributed by atoms with Gasteiger partial charge in [-0.1, -0.05) is 30.3 Å². The van der Waals surface area contributed by atoms with Crippen LogP contribution in [0.2, 0.25) is 0 Å². The molecule has 4 rings (SSSR count). The summed E-state index contributed by atoms with van der Waals surface area (Å²) < 4.78 is 0. The molecule has 2 aromatic heterocycles. The van der Waals surface area contributed by atoms with Crippen LogP contribution in [-0.4, -0.2) is 22.4 Å². The van der Waals surface area contributed by atoms with Gasteiger partial charge in [0.2, 0.25) is 0 Å². The average Bonchev–Trinajstić information content (AvgIpc) is 3.17. The van der Waals surface area contributed by atoms with E-state index in [-0.39, 0.29) is 5.91 Å². The lowest BCUT2D eigenvalue weighted by molar-refractivity contribution is 0.102. The predicted molar refractivity (Wildman–Crippen MR) is 114 cm³/mol. The number of aromatic amines is 1. The van der Waals surface area contributed by atoms with Crippen LogP contribution >= 0.6 is 0 Å². The molecule has 0 atom stereocenters. The molecule has 0 radical (unpaired) electrons. The Morgan fingerprint density at radius 1 is 1.10 bits per heavy atom. The minimum Gasteiger partial charge on any atom is -0.383 e. The highest BCUT2D eigenvalue weighted by Crippen LogP contribution is 2.19. The second-order valence-electron chi connectivity index (χ2n) is 6.61. The smallest absolute Gasteiger partial charge is 0.257 e. The molecule has 0 bridgehead atoms. The van der Waals surface area contributed by atoms with Crippen LogP contribution in [0.5, 0.6) is 0 Å². The van der Waals surface area contributed by atoms with Crippen LogP contribution in [0.3, 0.4) is 0 Å². The van der Waals surface area contributed by atoms with Gasteiger partial charge in [-0.15, -0.1) is 0 Å². The third-order valence-corrected chi connectivity index (χ3v) is 4.69. The van der Waals surface area contributed by atoms with E-state index in [1.54, 1.807) is 36.5 Å². The van der Waals surface area contributed by atoms with Gasteiger partial charge in [-0.05, 0) is 36.2 Å². The number of hydrogen-bond donors (Lipinski definition) is 3. The number of pyridine rings is 1. The first-order chi connectivity index (χ1) is 14.2. The van der Waals surface area contributed by atoms with Crippen molar-refractivity contribution < 1.29 is 4.79 Å². The van der Waals surface area contributed by atoms with Crippen molar-refractivity contribution in [1.29, 1.82) is 5.26 Å². The van der Waals surface area contributed by atoms with Gasteiger partial charge < -0.3 is 15.6 Å². The second kappa shape index (κ2) is 8.28. The van der Waals surface area contributed by atoms with Gasteiger partial charge in [0, 0.05) is 36.0 Å². The number of para-hydroxylation sites is 2. The van der Waals surface area contributed by atoms with Gasteiger partial charge in [0.1, 0.15) is 6.07 Å². The Balaban J connectivity index is 1.41. The SMILES string of the molecule is N#Cc1ccccc1NC(=O)c1cncc(NCCc2c[nH]c3ccccc23)c1. The first-order valence-corrected chi connectivity index (χ1v) is 9.29. The number of rotatable bonds is 6. The minimum atomic E-state index is -0.305. The fraction of sp³-hybridized carbons (Fsp3) is 0.0870. The summed E-state index contributed by atoms with van der Waals surface area (Å²) in [6, 6.07) is 18.9. The number of anilines is 2. The van der Waals surface area contributed by atoms with Crippen molar-refractivity contribution in [1.82, 2.24) is 9.97 Å². The van der Waals surface area contributed by atoms with E-state index in [0.717, 1.165) is 17.6 Å². The number of nitriles is 1. The lowest BCUT2D eigenvalue weighted by Gasteiger charge is -2.09. The van der Waals surface area contributed by atoms with Crippen LogP contribution in [0.1, 0.15) is 21.5 Å². The Bertz CT molecular complexity index is 1210. The Kier molecular flexibility index (Phi) is 5.21. The third-order valence-electron chi connectivity index (χ3n) is 4.69.